The van der Waals surface area contributed by atoms with Gasteiger partial charge in [0.15, 0.2) is 5.79 Å². The molecule has 2 saturated heterocycles. The van der Waals surface area contributed by atoms with Crippen molar-refractivity contribution in [3.63, 3.8) is 0 Å². The lowest BCUT2D eigenvalue weighted by molar-refractivity contribution is -0.136. The van der Waals surface area contributed by atoms with Crippen molar-refractivity contribution in [2.45, 2.75) is 49.1 Å². The van der Waals surface area contributed by atoms with Crippen LogP contribution in [0.25, 0.3) is 0 Å². The first-order valence-electron chi connectivity index (χ1n) is 15.1. The van der Waals surface area contributed by atoms with Crippen LogP contribution in [-0.4, -0.2) is 52.0 Å². The molecule has 2 aliphatic heterocycles. The second-order valence-electron chi connectivity index (χ2n) is 11.6. The molecule has 0 saturated carbocycles. The van der Waals surface area contributed by atoms with Gasteiger partial charge in [-0.3, -0.25) is 0 Å². The SMILES string of the molecule is COC(c1ccccc1)(c1ccccc1)[C@@H]1OB(/C=C/[C@H]2COC(C)(C)O2)O[C@H]1C(OC)(c1ccccc1)c1ccccc1. The van der Waals surface area contributed by atoms with E-state index in [1.165, 1.54) is 0 Å². The van der Waals surface area contributed by atoms with Crippen LogP contribution in [0.15, 0.2) is 133 Å². The smallest absolute Gasteiger partial charge is 0.398 e. The monoisotopic (exact) mass is 590 g/mol. The minimum atomic E-state index is -1.06. The summed E-state index contributed by atoms with van der Waals surface area (Å²) >= 11 is 0. The third kappa shape index (κ3) is 5.56. The molecule has 0 unspecified atom stereocenters. The molecular weight excluding hydrogens is 551 g/mol. The Bertz CT molecular complexity index is 1340. The second-order valence-corrected chi connectivity index (χ2v) is 11.6. The number of methoxy groups -OCH3 is 2. The van der Waals surface area contributed by atoms with E-state index in [0.29, 0.717) is 6.61 Å². The van der Waals surface area contributed by atoms with Gasteiger partial charge in [-0.1, -0.05) is 133 Å². The van der Waals surface area contributed by atoms with E-state index in [1.54, 1.807) is 14.2 Å². The van der Waals surface area contributed by atoms with Crippen LogP contribution in [0.1, 0.15) is 36.1 Å². The van der Waals surface area contributed by atoms with Gasteiger partial charge in [-0.2, -0.15) is 0 Å². The predicted octanol–water partition coefficient (Wildman–Crippen LogP) is 6.69. The first-order valence-corrected chi connectivity index (χ1v) is 15.1. The van der Waals surface area contributed by atoms with E-state index in [9.17, 15) is 0 Å². The van der Waals surface area contributed by atoms with Gasteiger partial charge in [0.25, 0.3) is 0 Å². The van der Waals surface area contributed by atoms with Crippen molar-refractivity contribution in [2.75, 3.05) is 20.8 Å². The van der Waals surface area contributed by atoms with Crippen LogP contribution in [-0.2, 0) is 39.5 Å². The maximum atomic E-state index is 6.99. The third-order valence-electron chi connectivity index (χ3n) is 8.61. The summed E-state index contributed by atoms with van der Waals surface area (Å²) < 4.78 is 39.1. The molecular formula is C37H39BO6. The molecule has 2 heterocycles. The maximum absolute atomic E-state index is 6.99. The van der Waals surface area contributed by atoms with E-state index in [4.69, 9.17) is 28.3 Å². The molecule has 4 aromatic rings. The molecule has 44 heavy (non-hydrogen) atoms. The Balaban J connectivity index is 1.55. The molecule has 0 bridgehead atoms. The van der Waals surface area contributed by atoms with Gasteiger partial charge in [-0.15, -0.1) is 0 Å². The van der Waals surface area contributed by atoms with Crippen LogP contribution in [0, 0.1) is 0 Å². The average Bonchev–Trinajstić information content (AvgIpc) is 3.66. The summed E-state index contributed by atoms with van der Waals surface area (Å²) in [6, 6.07) is 40.8. The zero-order chi connectivity index (χ0) is 30.6. The molecule has 4 aromatic carbocycles. The van der Waals surface area contributed by atoms with Crippen molar-refractivity contribution < 1.29 is 28.3 Å². The molecule has 7 heteroatoms. The fourth-order valence-electron chi connectivity index (χ4n) is 6.63. The first-order chi connectivity index (χ1) is 21.4. The van der Waals surface area contributed by atoms with Gasteiger partial charge in [0.05, 0.1) is 6.61 Å². The highest BCUT2D eigenvalue weighted by Gasteiger charge is 2.61. The topological polar surface area (TPSA) is 55.4 Å². The summed E-state index contributed by atoms with van der Waals surface area (Å²) in [5.74, 6) is 1.27. The Morgan fingerprint density at radius 1 is 0.636 bits per heavy atom. The van der Waals surface area contributed by atoms with Crippen molar-refractivity contribution in [2.24, 2.45) is 0 Å². The van der Waals surface area contributed by atoms with E-state index in [-0.39, 0.29) is 6.10 Å². The van der Waals surface area contributed by atoms with Crippen molar-refractivity contribution in [3.05, 3.63) is 156 Å². The minimum absolute atomic E-state index is 0.222. The number of rotatable bonds is 10. The lowest BCUT2D eigenvalue weighted by atomic mass is 9.71. The Morgan fingerprint density at radius 3 is 1.30 bits per heavy atom. The quantitative estimate of drug-likeness (QED) is 0.192. The summed E-state index contributed by atoms with van der Waals surface area (Å²) in [4.78, 5) is 0. The van der Waals surface area contributed by atoms with Gasteiger partial charge in [-0.05, 0) is 36.1 Å². The average molecular weight is 591 g/mol. The number of benzene rings is 4. The minimum Gasteiger partial charge on any atom is -0.398 e. The standard InChI is InChI=1S/C37H39BO6/c1-35(2)41-27-32(42-35)25-26-38-43-33(36(39-3,28-17-9-5-10-18-28)29-19-11-6-12-20-29)34(44-38)37(40-4,30-21-13-7-14-22-30)31-23-15-8-16-24-31/h5-26,32-34H,27H2,1-4H3/b26-25+/t32-,33+,34+/m0/s1. The number of hydrogen-bond donors (Lipinski definition) is 0. The summed E-state index contributed by atoms with van der Waals surface area (Å²) in [6.07, 6.45) is 0.410. The van der Waals surface area contributed by atoms with E-state index >= 15 is 0 Å². The summed E-state index contributed by atoms with van der Waals surface area (Å²) in [7, 11) is 2.74. The molecule has 0 aromatic heterocycles. The van der Waals surface area contributed by atoms with E-state index in [2.05, 4.69) is 48.5 Å². The van der Waals surface area contributed by atoms with Crippen LogP contribution in [0.4, 0.5) is 0 Å². The number of ether oxygens (including phenoxy) is 4. The first kappa shape index (κ1) is 30.5. The lowest BCUT2D eigenvalue weighted by Crippen LogP contribution is -2.56. The van der Waals surface area contributed by atoms with E-state index in [0.717, 1.165) is 22.3 Å². The number of hydrogen-bond acceptors (Lipinski definition) is 6. The second kappa shape index (κ2) is 12.8. The molecule has 226 valence electrons. The van der Waals surface area contributed by atoms with Gasteiger partial charge >= 0.3 is 7.12 Å². The molecule has 0 aliphatic carbocycles. The Kier molecular flexibility index (Phi) is 8.88. The predicted molar refractivity (Wildman–Crippen MR) is 171 cm³/mol. The Hall–Kier alpha value is -3.56. The molecule has 2 aliphatic rings. The Morgan fingerprint density at radius 2 is 1.00 bits per heavy atom. The van der Waals surface area contributed by atoms with Gasteiger partial charge in [0.2, 0.25) is 0 Å². The fourth-order valence-corrected chi connectivity index (χ4v) is 6.63. The summed E-state index contributed by atoms with van der Waals surface area (Å²) in [6.45, 7) is 4.28. The van der Waals surface area contributed by atoms with Crippen LogP contribution < -0.4 is 0 Å². The van der Waals surface area contributed by atoms with Gasteiger partial charge in [0.1, 0.15) is 29.5 Å². The zero-order valence-corrected chi connectivity index (χ0v) is 25.7. The molecule has 6 nitrogen and oxygen atoms in total. The van der Waals surface area contributed by atoms with Crippen molar-refractivity contribution in [3.8, 4) is 0 Å². The van der Waals surface area contributed by atoms with Gasteiger partial charge in [-0.25, -0.2) is 0 Å². The molecule has 2 fully saturated rings. The van der Waals surface area contributed by atoms with Crippen molar-refractivity contribution in [1.29, 1.82) is 0 Å². The largest absolute Gasteiger partial charge is 0.486 e. The normalized spacial score (nSPS) is 22.1. The van der Waals surface area contributed by atoms with E-state index in [1.807, 2.05) is 98.7 Å². The van der Waals surface area contributed by atoms with Crippen molar-refractivity contribution in [1.82, 2.24) is 0 Å². The van der Waals surface area contributed by atoms with Crippen LogP contribution in [0.2, 0.25) is 0 Å². The molecule has 6 rings (SSSR count). The highest BCUT2D eigenvalue weighted by atomic mass is 16.7. The van der Waals surface area contributed by atoms with Crippen LogP contribution in [0.5, 0.6) is 0 Å². The van der Waals surface area contributed by atoms with E-state index < -0.39 is 36.3 Å². The molecule has 0 spiro atoms. The summed E-state index contributed by atoms with van der Waals surface area (Å²) in [5.41, 5.74) is 1.65. The highest BCUT2D eigenvalue weighted by molar-refractivity contribution is 6.51. The highest BCUT2D eigenvalue weighted by Crippen LogP contribution is 2.50. The molecule has 0 N–H and O–H groups in total. The third-order valence-corrected chi connectivity index (χ3v) is 8.61. The van der Waals surface area contributed by atoms with Crippen molar-refractivity contribution >= 4 is 7.12 Å². The fraction of sp³-hybridized carbons (Fsp3) is 0.297. The van der Waals surface area contributed by atoms with Crippen LogP contribution >= 0.6 is 0 Å². The molecule has 0 radical (unpaired) electrons. The maximum Gasteiger partial charge on any atom is 0.486 e. The molecule has 3 atom stereocenters. The summed E-state index contributed by atoms with van der Waals surface area (Å²) in [5, 5.41) is 0. The zero-order valence-electron chi connectivity index (χ0n) is 25.7. The van der Waals surface area contributed by atoms with Gasteiger partial charge < -0.3 is 28.3 Å². The van der Waals surface area contributed by atoms with Crippen LogP contribution in [0.3, 0.4) is 0 Å². The lowest BCUT2D eigenvalue weighted by Gasteiger charge is -2.46. The Labute approximate surface area is 260 Å². The van der Waals surface area contributed by atoms with Gasteiger partial charge in [0, 0.05) is 14.2 Å². The molecule has 0 amide bonds.